The van der Waals surface area contributed by atoms with E-state index < -0.39 is 0 Å². The van der Waals surface area contributed by atoms with Crippen LogP contribution in [0.1, 0.15) is 11.1 Å². The zero-order chi connectivity index (χ0) is 20.1. The molecule has 2 aromatic rings. The van der Waals surface area contributed by atoms with Crippen molar-refractivity contribution in [2.24, 2.45) is 0 Å². The largest absolute Gasteiger partial charge is 0.346 e. The van der Waals surface area contributed by atoms with Crippen LogP contribution in [-0.2, 0) is 4.79 Å². The van der Waals surface area contributed by atoms with Gasteiger partial charge in [-0.3, -0.25) is 9.69 Å². The van der Waals surface area contributed by atoms with Gasteiger partial charge in [0.1, 0.15) is 5.82 Å². The highest BCUT2D eigenvalue weighted by Gasteiger charge is 2.21. The lowest BCUT2D eigenvalue weighted by molar-refractivity contribution is -0.117. The van der Waals surface area contributed by atoms with Gasteiger partial charge in [-0.2, -0.15) is 0 Å². The number of carbonyl (C=O) groups is 1. The average Bonchev–Trinajstić information content (AvgIpc) is 2.67. The summed E-state index contributed by atoms with van der Waals surface area (Å²) in [6, 6.07) is 12.0. The average molecular weight is 401 g/mol. The lowest BCUT2D eigenvalue weighted by Crippen LogP contribution is -2.51. The zero-order valence-corrected chi connectivity index (χ0v) is 17.0. The van der Waals surface area contributed by atoms with Crippen molar-refractivity contribution < 1.29 is 9.18 Å². The molecule has 0 atom stereocenters. The molecule has 1 aliphatic rings. The maximum absolute atomic E-state index is 12.9. The number of nitrogens with one attached hydrogen (secondary N) is 2. The highest BCUT2D eigenvalue weighted by atomic mass is 32.1. The molecular weight excluding hydrogens is 375 g/mol. The van der Waals surface area contributed by atoms with Gasteiger partial charge in [-0.1, -0.05) is 12.1 Å². The molecule has 2 N–H and O–H groups in total. The van der Waals surface area contributed by atoms with E-state index in [0.717, 1.165) is 37.4 Å². The number of thiocarbonyl (C=S) groups is 1. The molecule has 148 valence electrons. The van der Waals surface area contributed by atoms with Gasteiger partial charge in [0.25, 0.3) is 0 Å². The van der Waals surface area contributed by atoms with Gasteiger partial charge in [-0.05, 0) is 67.5 Å². The molecule has 5 nitrogen and oxygen atoms in total. The van der Waals surface area contributed by atoms with E-state index in [4.69, 9.17) is 12.2 Å². The summed E-state index contributed by atoms with van der Waals surface area (Å²) in [5.41, 5.74) is 3.98. The second-order valence-electron chi connectivity index (χ2n) is 7.07. The first kappa shape index (κ1) is 20.2. The molecule has 7 heteroatoms. The van der Waals surface area contributed by atoms with Crippen molar-refractivity contribution in [3.63, 3.8) is 0 Å². The van der Waals surface area contributed by atoms with E-state index in [0.29, 0.717) is 17.3 Å². The number of piperazine rings is 1. The van der Waals surface area contributed by atoms with Crippen LogP contribution in [0.5, 0.6) is 0 Å². The first-order valence-electron chi connectivity index (χ1n) is 9.31. The summed E-state index contributed by atoms with van der Waals surface area (Å²) >= 11 is 5.57. The number of rotatable bonds is 4. The smallest absolute Gasteiger partial charge is 0.238 e. The molecule has 2 aromatic carbocycles. The number of aryl methyl sites for hydroxylation is 2. The van der Waals surface area contributed by atoms with Gasteiger partial charge in [0.05, 0.1) is 6.54 Å². The minimum absolute atomic E-state index is 0.101. The molecule has 0 radical (unpaired) electrons. The van der Waals surface area contributed by atoms with Gasteiger partial charge in [-0.15, -0.1) is 0 Å². The number of carbonyl (C=O) groups excluding carboxylic acids is 1. The molecule has 1 heterocycles. The minimum atomic E-state index is -0.320. The maximum atomic E-state index is 12.9. The van der Waals surface area contributed by atoms with E-state index in [9.17, 15) is 9.18 Å². The van der Waals surface area contributed by atoms with Crippen molar-refractivity contribution in [1.82, 2.24) is 9.80 Å². The molecule has 0 saturated carbocycles. The molecule has 0 bridgehead atoms. The van der Waals surface area contributed by atoms with Crippen molar-refractivity contribution in [3.8, 4) is 0 Å². The summed E-state index contributed by atoms with van der Waals surface area (Å²) in [5.74, 6) is -0.421. The van der Waals surface area contributed by atoms with Crippen LogP contribution in [0.25, 0.3) is 0 Å². The van der Waals surface area contributed by atoms with Crippen LogP contribution in [0.15, 0.2) is 42.5 Å². The molecular formula is C21H25FN4OS. The molecule has 0 aliphatic carbocycles. The van der Waals surface area contributed by atoms with Crippen LogP contribution in [-0.4, -0.2) is 53.5 Å². The number of amides is 1. The fraction of sp³-hybridized carbons (Fsp3) is 0.333. The van der Waals surface area contributed by atoms with E-state index in [1.54, 1.807) is 12.1 Å². The van der Waals surface area contributed by atoms with Crippen LogP contribution in [0.4, 0.5) is 15.8 Å². The Morgan fingerprint density at radius 3 is 2.39 bits per heavy atom. The van der Waals surface area contributed by atoms with Gasteiger partial charge in [0.15, 0.2) is 5.11 Å². The number of hydrogen-bond acceptors (Lipinski definition) is 3. The molecule has 1 saturated heterocycles. The molecule has 1 fully saturated rings. The Morgan fingerprint density at radius 1 is 1.04 bits per heavy atom. The molecule has 0 spiro atoms. The van der Waals surface area contributed by atoms with Crippen LogP contribution in [0, 0.1) is 19.7 Å². The third-order valence-corrected chi connectivity index (χ3v) is 5.15. The van der Waals surface area contributed by atoms with E-state index in [-0.39, 0.29) is 11.7 Å². The van der Waals surface area contributed by atoms with Crippen LogP contribution in [0.2, 0.25) is 0 Å². The number of halogens is 1. The Balaban J connectivity index is 1.46. The predicted molar refractivity (Wildman–Crippen MR) is 115 cm³/mol. The number of hydrogen-bond donors (Lipinski definition) is 2. The van der Waals surface area contributed by atoms with Crippen LogP contribution >= 0.6 is 12.2 Å². The van der Waals surface area contributed by atoms with E-state index >= 15 is 0 Å². The normalized spacial score (nSPS) is 14.6. The lowest BCUT2D eigenvalue weighted by Gasteiger charge is -2.36. The summed E-state index contributed by atoms with van der Waals surface area (Å²) in [5, 5.41) is 6.85. The number of anilines is 2. The first-order chi connectivity index (χ1) is 13.4. The quantitative estimate of drug-likeness (QED) is 0.771. The van der Waals surface area contributed by atoms with Crippen molar-refractivity contribution >= 4 is 34.6 Å². The monoisotopic (exact) mass is 400 g/mol. The third-order valence-electron chi connectivity index (χ3n) is 4.79. The van der Waals surface area contributed by atoms with Crippen molar-refractivity contribution in [2.45, 2.75) is 13.8 Å². The fourth-order valence-corrected chi connectivity index (χ4v) is 3.40. The van der Waals surface area contributed by atoms with E-state index in [1.807, 2.05) is 0 Å². The van der Waals surface area contributed by atoms with Crippen molar-refractivity contribution in [1.29, 1.82) is 0 Å². The van der Waals surface area contributed by atoms with Gasteiger partial charge >= 0.3 is 0 Å². The number of benzene rings is 2. The highest BCUT2D eigenvalue weighted by Crippen LogP contribution is 2.17. The molecule has 28 heavy (non-hydrogen) atoms. The molecule has 1 amide bonds. The third kappa shape index (κ3) is 5.50. The summed E-state index contributed by atoms with van der Waals surface area (Å²) < 4.78 is 12.9. The van der Waals surface area contributed by atoms with Gasteiger partial charge in [0, 0.05) is 37.6 Å². The van der Waals surface area contributed by atoms with E-state index in [2.05, 4.69) is 52.5 Å². The van der Waals surface area contributed by atoms with Crippen molar-refractivity contribution in [3.05, 3.63) is 59.4 Å². The molecule has 3 rings (SSSR count). The Bertz CT molecular complexity index is 848. The summed E-state index contributed by atoms with van der Waals surface area (Å²) in [7, 11) is 0. The Labute approximate surface area is 170 Å². The summed E-state index contributed by atoms with van der Waals surface area (Å²) in [4.78, 5) is 16.4. The van der Waals surface area contributed by atoms with Crippen molar-refractivity contribution in [2.75, 3.05) is 43.4 Å². The fourth-order valence-electron chi connectivity index (χ4n) is 3.11. The van der Waals surface area contributed by atoms with Crippen LogP contribution < -0.4 is 10.6 Å². The van der Waals surface area contributed by atoms with E-state index in [1.165, 1.54) is 17.7 Å². The predicted octanol–water partition coefficient (Wildman–Crippen LogP) is 3.40. The summed E-state index contributed by atoms with van der Waals surface area (Å²) in [6.07, 6.45) is 0. The molecule has 1 aliphatic heterocycles. The Morgan fingerprint density at radius 2 is 1.71 bits per heavy atom. The maximum Gasteiger partial charge on any atom is 0.238 e. The molecule has 0 unspecified atom stereocenters. The van der Waals surface area contributed by atoms with Gasteiger partial charge in [0.2, 0.25) is 5.91 Å². The highest BCUT2D eigenvalue weighted by molar-refractivity contribution is 7.80. The van der Waals surface area contributed by atoms with Crippen LogP contribution in [0.3, 0.4) is 0 Å². The second kappa shape index (κ2) is 9.12. The lowest BCUT2D eigenvalue weighted by atomic mass is 10.1. The number of nitrogens with zero attached hydrogens (tertiary/aromatic N) is 2. The topological polar surface area (TPSA) is 47.6 Å². The van der Waals surface area contributed by atoms with Gasteiger partial charge < -0.3 is 15.5 Å². The van der Waals surface area contributed by atoms with Gasteiger partial charge in [-0.25, -0.2) is 4.39 Å². The SMILES string of the molecule is Cc1ccc(C)c(NC(=S)N2CCN(CC(=O)Nc3ccc(F)cc3)CC2)c1. The minimum Gasteiger partial charge on any atom is -0.346 e. The first-order valence-corrected chi connectivity index (χ1v) is 9.72. The summed E-state index contributed by atoms with van der Waals surface area (Å²) in [6.45, 7) is 7.46. The Hall–Kier alpha value is -2.51. The molecule has 0 aromatic heterocycles. The zero-order valence-electron chi connectivity index (χ0n) is 16.2. The standard InChI is InChI=1S/C21H25FN4OS/c1-15-3-4-16(2)19(13-15)24-21(28)26-11-9-25(10-12-26)14-20(27)23-18-7-5-17(22)6-8-18/h3-8,13H,9-12,14H2,1-2H3,(H,23,27)(H,24,28). The Kier molecular flexibility index (Phi) is 6.59. The second-order valence-corrected chi connectivity index (χ2v) is 7.45.